The second-order valence-electron chi connectivity index (χ2n) is 13.6. The van der Waals surface area contributed by atoms with Gasteiger partial charge < -0.3 is 30.3 Å². The van der Waals surface area contributed by atoms with Crippen LogP contribution in [-0.2, 0) is 37.5 Å². The number of allylic oxidation sites excluding steroid dienone is 12. The smallest absolute Gasteiger partial charge is 0.472 e. The van der Waals surface area contributed by atoms with E-state index in [1.807, 2.05) is 36.5 Å². The molecule has 0 radical (unpaired) electrons. The number of carbonyl (C=O) groups is 3. The van der Waals surface area contributed by atoms with Gasteiger partial charge in [0.15, 0.2) is 6.10 Å². The number of carboxylic acids is 1. The van der Waals surface area contributed by atoms with Crippen molar-refractivity contribution in [2.45, 2.75) is 154 Å². The number of hydrogen-bond donors (Lipinski definition) is 4. The summed E-state index contributed by atoms with van der Waals surface area (Å²) in [4.78, 5) is 45.8. The van der Waals surface area contributed by atoms with Gasteiger partial charge in [0.1, 0.15) is 12.6 Å². The lowest BCUT2D eigenvalue weighted by Gasteiger charge is -2.20. The van der Waals surface area contributed by atoms with Crippen LogP contribution < -0.4 is 5.73 Å². The maximum Gasteiger partial charge on any atom is 0.472 e. The summed E-state index contributed by atoms with van der Waals surface area (Å²) >= 11 is 0. The molecule has 0 fully saturated rings. The number of carboxylic acid groups (broad SMARTS) is 1. The molecule has 5 N–H and O–H groups in total. The van der Waals surface area contributed by atoms with E-state index in [0.29, 0.717) is 32.1 Å². The Labute approximate surface area is 342 Å². The molecule has 0 rings (SSSR count). The number of hydrogen-bond acceptors (Lipinski definition) is 10. The van der Waals surface area contributed by atoms with Crippen LogP contribution in [0.1, 0.15) is 136 Å². The second kappa shape index (κ2) is 38.2. The number of aliphatic hydroxyl groups excluding tert-OH is 1. The monoisotopic (exact) mass is 821 g/mol. The van der Waals surface area contributed by atoms with Gasteiger partial charge in [0, 0.05) is 12.8 Å². The molecule has 0 amide bonds. The van der Waals surface area contributed by atoms with E-state index >= 15 is 0 Å². The zero-order chi connectivity index (χ0) is 42.2. The van der Waals surface area contributed by atoms with E-state index in [2.05, 4.69) is 60.9 Å². The van der Waals surface area contributed by atoms with Gasteiger partial charge in [-0.25, -0.2) is 4.57 Å². The van der Waals surface area contributed by atoms with Crippen molar-refractivity contribution in [3.8, 4) is 0 Å². The standard InChI is InChI=1S/C44H72NO11P/c1-3-5-7-9-11-12-13-14-15-16-17-18-22-26-30-34-42(47)53-36-40(37-54-57(51,52)55-38-41(45)44(49)50)56-43(48)35-31-27-23-20-19-21-25-29-33-39(46)32-28-24-10-8-6-4-2/h11-12,14-15,17-18,20-21,23-25,28-29,33,39-41,46H,3-10,13,16,19,22,26-27,30-32,34-38,45H2,1-2H3,(H,49,50)(H,51,52)/b12-11-,15-14-,18-17-,23-20-,25-21-,28-24-,33-29+/t39-,40+,41-/m0/s1. The van der Waals surface area contributed by atoms with Crippen LogP contribution in [0, 0.1) is 0 Å². The molecule has 57 heavy (non-hydrogen) atoms. The summed E-state index contributed by atoms with van der Waals surface area (Å²) in [5, 5.41) is 18.9. The van der Waals surface area contributed by atoms with Crippen LogP contribution in [-0.4, -0.2) is 71.1 Å². The topological polar surface area (TPSA) is 192 Å². The van der Waals surface area contributed by atoms with Crippen molar-refractivity contribution in [2.24, 2.45) is 5.73 Å². The molecule has 0 aromatic heterocycles. The SMILES string of the molecule is CCCCC/C=C\C/C=C\C/C=C\CCCCC(=O)OC[C@H](COP(=O)(O)OC[C@H](N)C(=O)O)OC(=O)CCC/C=C\C/C=C\C=C\[C@@H](O)C/C=C\CCCCC. The van der Waals surface area contributed by atoms with Gasteiger partial charge in [0.25, 0.3) is 0 Å². The number of carbonyl (C=O) groups excluding carboxylic acids is 2. The third-order valence-corrected chi connectivity index (χ3v) is 9.15. The van der Waals surface area contributed by atoms with Gasteiger partial charge in [-0.05, 0) is 83.5 Å². The van der Waals surface area contributed by atoms with Crippen molar-refractivity contribution >= 4 is 25.7 Å². The average molecular weight is 822 g/mol. The van der Waals surface area contributed by atoms with E-state index in [9.17, 15) is 28.9 Å². The molecule has 0 aromatic rings. The summed E-state index contributed by atoms with van der Waals surface area (Å²) in [5.41, 5.74) is 5.31. The van der Waals surface area contributed by atoms with Crippen molar-refractivity contribution < 1.29 is 52.6 Å². The van der Waals surface area contributed by atoms with Crippen molar-refractivity contribution in [3.63, 3.8) is 0 Å². The highest BCUT2D eigenvalue weighted by atomic mass is 31.2. The summed E-state index contributed by atoms with van der Waals surface area (Å²) in [5.74, 6) is -2.56. The van der Waals surface area contributed by atoms with E-state index < -0.39 is 63.8 Å². The molecular weight excluding hydrogens is 749 g/mol. The van der Waals surface area contributed by atoms with E-state index in [0.717, 1.165) is 38.5 Å². The normalized spacial score (nSPS) is 15.2. The zero-order valence-corrected chi connectivity index (χ0v) is 35.4. The fourth-order valence-electron chi connectivity index (χ4n) is 4.85. The minimum absolute atomic E-state index is 0.0402. The van der Waals surface area contributed by atoms with E-state index in [-0.39, 0.29) is 12.8 Å². The van der Waals surface area contributed by atoms with Crippen molar-refractivity contribution in [1.29, 1.82) is 0 Å². The fourth-order valence-corrected chi connectivity index (χ4v) is 5.63. The molecule has 0 saturated carbocycles. The number of rotatable bonds is 37. The first-order valence-electron chi connectivity index (χ1n) is 20.7. The highest BCUT2D eigenvalue weighted by molar-refractivity contribution is 7.47. The molecule has 12 nitrogen and oxygen atoms in total. The molecule has 0 bridgehead atoms. The van der Waals surface area contributed by atoms with Crippen LogP contribution >= 0.6 is 7.82 Å². The molecule has 0 heterocycles. The Morgan fingerprint density at radius 1 is 0.632 bits per heavy atom. The van der Waals surface area contributed by atoms with Crippen LogP contribution in [0.2, 0.25) is 0 Å². The number of phosphoric acid groups is 1. The minimum Gasteiger partial charge on any atom is -0.480 e. The summed E-state index contributed by atoms with van der Waals surface area (Å²) < 4.78 is 32.5. The van der Waals surface area contributed by atoms with Crippen molar-refractivity contribution in [1.82, 2.24) is 0 Å². The van der Waals surface area contributed by atoms with Gasteiger partial charge in [-0.15, -0.1) is 0 Å². The third-order valence-electron chi connectivity index (χ3n) is 8.20. The van der Waals surface area contributed by atoms with Gasteiger partial charge in [-0.1, -0.05) is 125 Å². The Kier molecular flexibility index (Phi) is 35.9. The first-order valence-corrected chi connectivity index (χ1v) is 22.2. The van der Waals surface area contributed by atoms with Gasteiger partial charge >= 0.3 is 25.7 Å². The highest BCUT2D eigenvalue weighted by Crippen LogP contribution is 2.43. The number of aliphatic hydroxyl groups is 1. The fraction of sp³-hybridized carbons (Fsp3) is 0.614. The number of phosphoric ester groups is 1. The molecule has 0 spiro atoms. The van der Waals surface area contributed by atoms with Crippen molar-refractivity contribution in [2.75, 3.05) is 19.8 Å². The summed E-state index contributed by atoms with van der Waals surface area (Å²) in [6.07, 6.45) is 42.6. The maximum atomic E-state index is 12.6. The van der Waals surface area contributed by atoms with Crippen LogP contribution in [0.25, 0.3) is 0 Å². The Hall–Kier alpha value is -3.38. The molecular formula is C44H72NO11P. The molecule has 0 saturated heterocycles. The van der Waals surface area contributed by atoms with E-state index in [1.54, 1.807) is 6.08 Å². The van der Waals surface area contributed by atoms with Crippen LogP contribution in [0.3, 0.4) is 0 Å². The molecule has 4 atom stereocenters. The van der Waals surface area contributed by atoms with Gasteiger partial charge in [-0.2, -0.15) is 0 Å². The first kappa shape index (κ1) is 53.6. The molecule has 0 aromatic carbocycles. The van der Waals surface area contributed by atoms with Crippen molar-refractivity contribution in [3.05, 3.63) is 85.1 Å². The predicted octanol–water partition coefficient (Wildman–Crippen LogP) is 9.69. The Balaban J connectivity index is 4.65. The van der Waals surface area contributed by atoms with Gasteiger partial charge in [0.2, 0.25) is 0 Å². The van der Waals surface area contributed by atoms with Crippen LogP contribution in [0.5, 0.6) is 0 Å². The number of unbranched alkanes of at least 4 members (excludes halogenated alkanes) is 9. The van der Waals surface area contributed by atoms with Gasteiger partial charge in [0.05, 0.1) is 19.3 Å². The second-order valence-corrected chi connectivity index (χ2v) is 15.1. The Bertz CT molecular complexity index is 1300. The third kappa shape index (κ3) is 37.9. The zero-order valence-electron chi connectivity index (χ0n) is 34.5. The largest absolute Gasteiger partial charge is 0.480 e. The minimum atomic E-state index is -4.76. The lowest BCUT2D eigenvalue weighted by molar-refractivity contribution is -0.161. The van der Waals surface area contributed by atoms with Crippen LogP contribution in [0.4, 0.5) is 0 Å². The first-order chi connectivity index (χ1) is 27.5. The lowest BCUT2D eigenvalue weighted by atomic mass is 10.1. The molecule has 0 aliphatic heterocycles. The summed E-state index contributed by atoms with van der Waals surface area (Å²) in [6, 6.07) is -1.55. The van der Waals surface area contributed by atoms with E-state index in [4.69, 9.17) is 24.8 Å². The van der Waals surface area contributed by atoms with E-state index in [1.165, 1.54) is 38.5 Å². The molecule has 0 aliphatic rings. The number of esters is 2. The molecule has 13 heteroatoms. The molecule has 324 valence electrons. The quantitative estimate of drug-likeness (QED) is 0.0153. The molecule has 1 unspecified atom stereocenters. The summed E-state index contributed by atoms with van der Waals surface area (Å²) in [6.45, 7) is 2.54. The Morgan fingerprint density at radius 3 is 1.74 bits per heavy atom. The maximum absolute atomic E-state index is 12.6. The highest BCUT2D eigenvalue weighted by Gasteiger charge is 2.28. The lowest BCUT2D eigenvalue weighted by Crippen LogP contribution is -2.34. The predicted molar refractivity (Wildman–Crippen MR) is 227 cm³/mol. The Morgan fingerprint density at radius 2 is 1.14 bits per heavy atom. The average Bonchev–Trinajstić information content (AvgIpc) is 3.18. The summed E-state index contributed by atoms with van der Waals surface area (Å²) in [7, 11) is -4.76. The number of ether oxygens (including phenoxy) is 2. The van der Waals surface area contributed by atoms with Gasteiger partial charge in [-0.3, -0.25) is 23.4 Å². The number of aliphatic carboxylic acids is 1. The number of nitrogens with two attached hydrogens (primary N) is 1. The van der Waals surface area contributed by atoms with Crippen LogP contribution in [0.15, 0.2) is 85.1 Å². The molecule has 0 aliphatic carbocycles.